The minimum atomic E-state index is -4.45. The molecule has 10 heteroatoms. The summed E-state index contributed by atoms with van der Waals surface area (Å²) in [6.07, 6.45) is 80.7. The SMILES string of the molecule is CCCCCCCC/C=C/CCCCCCCCCCCCCCCCCCCC(=O)NC(COP(=O)(O)OCC[N+](C)(C)C)C(/C=C\CCCCCCCCCCC)OC(=O)CCCCCCCCCCCCCCCCCCCCCCC. The number of phosphoric ester groups is 1. The van der Waals surface area contributed by atoms with Crippen LogP contribution in [0.25, 0.3) is 0 Å². The molecule has 3 unspecified atom stereocenters. The summed E-state index contributed by atoms with van der Waals surface area (Å²) in [6.45, 7) is 7.08. The predicted octanol–water partition coefficient (Wildman–Crippen LogP) is 24.0. The summed E-state index contributed by atoms with van der Waals surface area (Å²) in [4.78, 5) is 37.9. The van der Waals surface area contributed by atoms with E-state index in [4.69, 9.17) is 13.8 Å². The lowest BCUT2D eigenvalue weighted by Gasteiger charge is -2.27. The first-order valence-electron chi connectivity index (χ1n) is 37.7. The maximum absolute atomic E-state index is 13.6. The van der Waals surface area contributed by atoms with Crippen molar-refractivity contribution >= 4 is 19.7 Å². The van der Waals surface area contributed by atoms with E-state index in [9.17, 15) is 19.0 Å². The molecule has 0 aromatic rings. The van der Waals surface area contributed by atoms with E-state index in [2.05, 4.69) is 38.2 Å². The normalized spacial score (nSPS) is 13.5. The van der Waals surface area contributed by atoms with Crippen molar-refractivity contribution in [2.45, 2.75) is 405 Å². The lowest BCUT2D eigenvalue weighted by Crippen LogP contribution is -2.47. The van der Waals surface area contributed by atoms with Gasteiger partial charge in [-0.3, -0.25) is 18.6 Å². The second-order valence-corrected chi connectivity index (χ2v) is 28.6. The lowest BCUT2D eigenvalue weighted by atomic mass is 10.0. The van der Waals surface area contributed by atoms with Crippen LogP contribution in [-0.4, -0.2) is 74.3 Å². The number of nitrogens with zero attached hydrogens (tertiary/aromatic N) is 1. The van der Waals surface area contributed by atoms with Gasteiger partial charge in [0.25, 0.3) is 0 Å². The molecule has 3 atom stereocenters. The van der Waals surface area contributed by atoms with Crippen molar-refractivity contribution in [3.05, 3.63) is 24.3 Å². The topological polar surface area (TPSA) is 111 Å². The third-order valence-corrected chi connectivity index (χ3v) is 18.4. The number of quaternary nitrogens is 1. The minimum absolute atomic E-state index is 0.0449. The highest BCUT2D eigenvalue weighted by molar-refractivity contribution is 7.47. The second kappa shape index (κ2) is 65.4. The highest BCUT2D eigenvalue weighted by Gasteiger charge is 2.30. The van der Waals surface area contributed by atoms with Crippen molar-refractivity contribution in [2.24, 2.45) is 0 Å². The standard InChI is InChI=1S/C75H147N2O7P/c1-7-10-13-16-19-22-25-27-29-31-33-35-36-37-38-39-40-42-43-45-47-49-52-55-58-61-64-67-74(78)76-72(71-83-85(80,81)82-70-69-77(4,5)6)73(66-63-60-57-54-51-24-21-18-15-12-9-3)84-75(79)68-65-62-59-56-53-50-48-46-44-41-34-32-30-28-26-23-20-17-14-11-8-2/h27,29,63,66,72-73H,7-26,28,30-62,64-65,67-71H2,1-6H3,(H-,76,78,80,81)/p+1/b29-27+,66-63-. The van der Waals surface area contributed by atoms with Gasteiger partial charge in [-0.2, -0.15) is 0 Å². The number of hydrogen-bond donors (Lipinski definition) is 2. The molecule has 85 heavy (non-hydrogen) atoms. The van der Waals surface area contributed by atoms with Gasteiger partial charge in [-0.15, -0.1) is 0 Å². The van der Waals surface area contributed by atoms with Crippen LogP contribution in [0.3, 0.4) is 0 Å². The van der Waals surface area contributed by atoms with Crippen LogP contribution < -0.4 is 5.32 Å². The van der Waals surface area contributed by atoms with Crippen molar-refractivity contribution in [1.29, 1.82) is 0 Å². The Balaban J connectivity index is 4.89. The van der Waals surface area contributed by atoms with Gasteiger partial charge in [0.05, 0.1) is 33.8 Å². The number of allylic oxidation sites excluding steroid dienone is 3. The van der Waals surface area contributed by atoms with Gasteiger partial charge in [-0.05, 0) is 57.4 Å². The van der Waals surface area contributed by atoms with Crippen LogP contribution in [0.15, 0.2) is 24.3 Å². The number of phosphoric acid groups is 1. The van der Waals surface area contributed by atoms with E-state index in [0.717, 1.165) is 57.8 Å². The molecule has 0 rings (SSSR count). The molecule has 0 saturated carbocycles. The first-order valence-corrected chi connectivity index (χ1v) is 39.2. The maximum Gasteiger partial charge on any atom is 0.472 e. The number of carbonyl (C=O) groups excluding carboxylic acids is 2. The molecule has 0 aliphatic rings. The van der Waals surface area contributed by atoms with Crippen LogP contribution in [0.5, 0.6) is 0 Å². The molecule has 0 fully saturated rings. The summed E-state index contributed by atoms with van der Waals surface area (Å²) in [5.41, 5.74) is 0. The van der Waals surface area contributed by atoms with E-state index >= 15 is 0 Å². The fourth-order valence-corrected chi connectivity index (χ4v) is 12.3. The van der Waals surface area contributed by atoms with Crippen LogP contribution in [0.2, 0.25) is 0 Å². The highest BCUT2D eigenvalue weighted by Crippen LogP contribution is 2.43. The lowest BCUT2D eigenvalue weighted by molar-refractivity contribution is -0.870. The molecule has 0 radical (unpaired) electrons. The first kappa shape index (κ1) is 83.5. The van der Waals surface area contributed by atoms with E-state index in [0.29, 0.717) is 23.9 Å². The van der Waals surface area contributed by atoms with Gasteiger partial charge in [0, 0.05) is 12.8 Å². The van der Waals surface area contributed by atoms with Crippen molar-refractivity contribution in [3.63, 3.8) is 0 Å². The Morgan fingerprint density at radius 1 is 0.400 bits per heavy atom. The first-order chi connectivity index (χ1) is 41.4. The number of nitrogens with one attached hydrogen (secondary N) is 1. The number of likely N-dealkylation sites (N-methyl/N-ethyl adjacent to an activating group) is 1. The molecule has 0 aromatic carbocycles. The van der Waals surface area contributed by atoms with E-state index < -0.39 is 20.0 Å². The van der Waals surface area contributed by atoms with Crippen LogP contribution in [0.1, 0.15) is 393 Å². The summed E-state index contributed by atoms with van der Waals surface area (Å²) in [5, 5.41) is 3.08. The molecule has 0 saturated heterocycles. The zero-order valence-electron chi connectivity index (χ0n) is 57.9. The molecule has 0 spiro atoms. The third-order valence-electron chi connectivity index (χ3n) is 17.4. The average molecular weight is 1220 g/mol. The molecule has 0 aliphatic carbocycles. The predicted molar refractivity (Wildman–Crippen MR) is 370 cm³/mol. The van der Waals surface area contributed by atoms with Gasteiger partial charge < -0.3 is 19.4 Å². The van der Waals surface area contributed by atoms with Crippen LogP contribution in [0.4, 0.5) is 0 Å². The summed E-state index contributed by atoms with van der Waals surface area (Å²) in [7, 11) is 1.52. The molecular weight excluding hydrogens is 1070 g/mol. The van der Waals surface area contributed by atoms with Gasteiger partial charge >= 0.3 is 13.8 Å². The van der Waals surface area contributed by atoms with Gasteiger partial charge in [0.15, 0.2) is 0 Å². The minimum Gasteiger partial charge on any atom is -0.456 e. The van der Waals surface area contributed by atoms with E-state index in [1.807, 2.05) is 33.3 Å². The maximum atomic E-state index is 13.6. The fraction of sp³-hybridized carbons (Fsp3) is 0.920. The third kappa shape index (κ3) is 66.7. The van der Waals surface area contributed by atoms with E-state index in [1.54, 1.807) is 0 Å². The summed E-state index contributed by atoms with van der Waals surface area (Å²) in [5.74, 6) is -0.479. The molecular formula is C75H148N2O7P+. The van der Waals surface area contributed by atoms with E-state index in [-0.39, 0.29) is 25.1 Å². The number of unbranched alkanes of at least 4 members (excludes halogenated alkanes) is 52. The van der Waals surface area contributed by atoms with Crippen LogP contribution in [-0.2, 0) is 27.9 Å². The Labute approximate surface area is 530 Å². The zero-order chi connectivity index (χ0) is 62.1. The number of rotatable bonds is 70. The number of hydrogen-bond acceptors (Lipinski definition) is 6. The molecule has 2 N–H and O–H groups in total. The monoisotopic (exact) mass is 1220 g/mol. The number of amides is 1. The average Bonchev–Trinajstić information content (AvgIpc) is 3.64. The van der Waals surface area contributed by atoms with Crippen molar-refractivity contribution in [1.82, 2.24) is 5.32 Å². The Bertz CT molecular complexity index is 1500. The van der Waals surface area contributed by atoms with Crippen molar-refractivity contribution in [3.8, 4) is 0 Å². The quantitative estimate of drug-likeness (QED) is 0.0205. The van der Waals surface area contributed by atoms with Gasteiger partial charge in [0.1, 0.15) is 19.3 Å². The Morgan fingerprint density at radius 3 is 1.00 bits per heavy atom. The molecule has 0 aromatic heterocycles. The molecule has 9 nitrogen and oxygen atoms in total. The van der Waals surface area contributed by atoms with Crippen LogP contribution >= 0.6 is 7.82 Å². The summed E-state index contributed by atoms with van der Waals surface area (Å²) in [6, 6.07) is -0.843. The number of carbonyl (C=O) groups is 2. The molecule has 0 heterocycles. The largest absolute Gasteiger partial charge is 0.472 e. The molecule has 0 bridgehead atoms. The van der Waals surface area contributed by atoms with Gasteiger partial charge in [0.2, 0.25) is 5.91 Å². The fourth-order valence-electron chi connectivity index (χ4n) is 11.6. The zero-order valence-corrected chi connectivity index (χ0v) is 58.8. The number of ether oxygens (including phenoxy) is 1. The summed E-state index contributed by atoms with van der Waals surface area (Å²) >= 11 is 0. The number of esters is 1. The second-order valence-electron chi connectivity index (χ2n) is 27.2. The Morgan fingerprint density at radius 2 is 0.682 bits per heavy atom. The molecule has 504 valence electrons. The molecule has 0 aliphatic heterocycles. The van der Waals surface area contributed by atoms with Crippen molar-refractivity contribution < 1.29 is 37.3 Å². The smallest absolute Gasteiger partial charge is 0.456 e. The molecule has 1 amide bonds. The van der Waals surface area contributed by atoms with Crippen LogP contribution in [0, 0.1) is 0 Å². The van der Waals surface area contributed by atoms with Gasteiger partial charge in [-0.25, -0.2) is 4.57 Å². The highest BCUT2D eigenvalue weighted by atomic mass is 31.2. The Kier molecular flexibility index (Phi) is 64.3. The van der Waals surface area contributed by atoms with E-state index in [1.165, 1.54) is 302 Å². The Hall–Kier alpha value is -1.51. The van der Waals surface area contributed by atoms with Gasteiger partial charge in [-0.1, -0.05) is 347 Å². The summed E-state index contributed by atoms with van der Waals surface area (Å²) < 4.78 is 30.9. The van der Waals surface area contributed by atoms with Crippen molar-refractivity contribution in [2.75, 3.05) is 40.9 Å².